The fraction of sp³-hybridized carbons (Fsp3) is 0.286. The van der Waals surface area contributed by atoms with Crippen LogP contribution >= 0.6 is 0 Å². The average molecular weight is 389 g/mol. The van der Waals surface area contributed by atoms with Gasteiger partial charge in [0.15, 0.2) is 0 Å². The summed E-state index contributed by atoms with van der Waals surface area (Å²) in [7, 11) is 0. The van der Waals surface area contributed by atoms with E-state index in [1.54, 1.807) is 12.2 Å². The number of nitro groups is 1. The van der Waals surface area contributed by atoms with Gasteiger partial charge in [-0.1, -0.05) is 54.6 Å². The van der Waals surface area contributed by atoms with E-state index in [0.29, 0.717) is 5.56 Å². The Morgan fingerprint density at radius 1 is 1.00 bits per heavy atom. The number of carbonyl (C=O) groups excluding carboxylic acids is 1. The smallest absolute Gasteiger partial charge is 0.300 e. The lowest BCUT2D eigenvalue weighted by Gasteiger charge is -2.30. The van der Waals surface area contributed by atoms with Crippen molar-refractivity contribution in [2.24, 2.45) is 5.92 Å². The molecule has 1 fully saturated rings. The number of halogens is 3. The summed E-state index contributed by atoms with van der Waals surface area (Å²) in [6, 6.07) is 12.4. The van der Waals surface area contributed by atoms with Gasteiger partial charge in [0.05, 0.1) is 17.4 Å². The molecule has 0 bridgehead atoms. The SMILES string of the molecule is O=C1C[C@@H](/C=C/c2ccccc2)[C@@H]([N+](=O)[O-])[C@H](c2ccc(C(F)(F)F)cc2)C1. The number of Topliss-reactive ketones (excluding diaryl/α,β-unsaturated/α-hetero) is 1. The molecule has 0 spiro atoms. The minimum Gasteiger partial charge on any atom is -0.300 e. The topological polar surface area (TPSA) is 60.2 Å². The molecule has 1 aliphatic rings. The molecule has 2 aromatic carbocycles. The van der Waals surface area contributed by atoms with Crippen molar-refractivity contribution < 1.29 is 22.9 Å². The van der Waals surface area contributed by atoms with E-state index in [2.05, 4.69) is 0 Å². The van der Waals surface area contributed by atoms with Gasteiger partial charge in [-0.3, -0.25) is 14.9 Å². The number of rotatable bonds is 4. The molecule has 7 heteroatoms. The Balaban J connectivity index is 1.90. The lowest BCUT2D eigenvalue weighted by molar-refractivity contribution is -0.535. The van der Waals surface area contributed by atoms with Gasteiger partial charge in [-0.05, 0) is 23.3 Å². The molecule has 0 unspecified atom stereocenters. The first kappa shape index (κ1) is 19.8. The van der Waals surface area contributed by atoms with Crippen molar-refractivity contribution in [3.63, 3.8) is 0 Å². The first-order valence-corrected chi connectivity index (χ1v) is 8.81. The van der Waals surface area contributed by atoms with Crippen LogP contribution in [0.3, 0.4) is 0 Å². The predicted molar refractivity (Wildman–Crippen MR) is 98.2 cm³/mol. The molecule has 146 valence electrons. The van der Waals surface area contributed by atoms with Gasteiger partial charge < -0.3 is 0 Å². The lowest BCUT2D eigenvalue weighted by Crippen LogP contribution is -2.40. The second-order valence-corrected chi connectivity index (χ2v) is 6.88. The number of hydrogen-bond donors (Lipinski definition) is 0. The molecule has 2 aromatic rings. The Bertz CT molecular complexity index is 876. The van der Waals surface area contributed by atoms with Crippen molar-refractivity contribution in [2.45, 2.75) is 31.0 Å². The van der Waals surface area contributed by atoms with Crippen LogP contribution in [0, 0.1) is 16.0 Å². The Labute approximate surface area is 159 Å². The lowest BCUT2D eigenvalue weighted by atomic mass is 9.73. The number of ketones is 1. The van der Waals surface area contributed by atoms with Gasteiger partial charge >= 0.3 is 6.18 Å². The monoisotopic (exact) mass is 389 g/mol. The summed E-state index contributed by atoms with van der Waals surface area (Å²) < 4.78 is 38.3. The van der Waals surface area contributed by atoms with E-state index in [-0.39, 0.29) is 18.6 Å². The second kappa shape index (κ2) is 7.96. The number of carbonyl (C=O) groups is 1. The van der Waals surface area contributed by atoms with Crippen LogP contribution in [-0.4, -0.2) is 16.7 Å². The zero-order valence-electron chi connectivity index (χ0n) is 14.8. The summed E-state index contributed by atoms with van der Waals surface area (Å²) >= 11 is 0. The van der Waals surface area contributed by atoms with Crippen LogP contribution in [0.1, 0.15) is 35.4 Å². The first-order chi connectivity index (χ1) is 13.3. The molecule has 3 rings (SSSR count). The second-order valence-electron chi connectivity index (χ2n) is 6.88. The number of benzene rings is 2. The summed E-state index contributed by atoms with van der Waals surface area (Å²) in [6.07, 6.45) is -1.08. The van der Waals surface area contributed by atoms with Crippen molar-refractivity contribution in [1.82, 2.24) is 0 Å². The third-order valence-corrected chi connectivity index (χ3v) is 5.01. The molecule has 0 aromatic heterocycles. The van der Waals surface area contributed by atoms with E-state index < -0.39 is 34.5 Å². The number of alkyl halides is 3. The van der Waals surface area contributed by atoms with Crippen LogP contribution in [0.15, 0.2) is 60.7 Å². The molecule has 28 heavy (non-hydrogen) atoms. The summed E-state index contributed by atoms with van der Waals surface area (Å²) in [4.78, 5) is 23.6. The van der Waals surface area contributed by atoms with Crippen LogP contribution in [0.4, 0.5) is 13.2 Å². The van der Waals surface area contributed by atoms with Gasteiger partial charge in [0.1, 0.15) is 5.78 Å². The fourth-order valence-electron chi connectivity index (χ4n) is 3.65. The third-order valence-electron chi connectivity index (χ3n) is 5.01. The van der Waals surface area contributed by atoms with E-state index >= 15 is 0 Å². The molecule has 3 atom stereocenters. The van der Waals surface area contributed by atoms with Crippen LogP contribution in [0.2, 0.25) is 0 Å². The maximum atomic E-state index is 12.8. The van der Waals surface area contributed by atoms with E-state index in [1.807, 2.05) is 30.3 Å². The Morgan fingerprint density at radius 3 is 2.21 bits per heavy atom. The Morgan fingerprint density at radius 2 is 1.64 bits per heavy atom. The molecule has 0 amide bonds. The van der Waals surface area contributed by atoms with Crippen LogP contribution in [0.5, 0.6) is 0 Å². The molecule has 1 saturated carbocycles. The van der Waals surface area contributed by atoms with Crippen LogP contribution in [0.25, 0.3) is 6.08 Å². The normalized spacial score (nSPS) is 23.1. The molecule has 0 radical (unpaired) electrons. The van der Waals surface area contributed by atoms with Crippen molar-refractivity contribution in [3.8, 4) is 0 Å². The van der Waals surface area contributed by atoms with Crippen LogP contribution < -0.4 is 0 Å². The minimum absolute atomic E-state index is 0.0477. The summed E-state index contributed by atoms with van der Waals surface area (Å²) in [5.74, 6) is -1.52. The standard InChI is InChI=1S/C21H18F3NO3/c22-21(23,24)17-10-8-15(9-11-17)19-13-18(26)12-16(20(19)25(27)28)7-6-14-4-2-1-3-5-14/h1-11,16,19-20H,12-13H2/b7-6+/t16-,19+,20-/m1/s1. The van der Waals surface area contributed by atoms with E-state index in [4.69, 9.17) is 0 Å². The van der Waals surface area contributed by atoms with E-state index in [1.165, 1.54) is 12.1 Å². The van der Waals surface area contributed by atoms with Crippen LogP contribution in [-0.2, 0) is 11.0 Å². The summed E-state index contributed by atoms with van der Waals surface area (Å²) in [5.41, 5.74) is 0.408. The minimum atomic E-state index is -4.48. The van der Waals surface area contributed by atoms with Crippen molar-refractivity contribution >= 4 is 11.9 Å². The molecular formula is C21H18F3NO3. The number of hydrogen-bond acceptors (Lipinski definition) is 3. The molecule has 4 nitrogen and oxygen atoms in total. The summed E-state index contributed by atoms with van der Waals surface area (Å²) in [5, 5.41) is 11.8. The van der Waals surface area contributed by atoms with Gasteiger partial charge in [0.25, 0.3) is 0 Å². The highest BCUT2D eigenvalue weighted by atomic mass is 19.4. The van der Waals surface area contributed by atoms with Gasteiger partial charge in [0, 0.05) is 17.8 Å². The van der Waals surface area contributed by atoms with Crippen molar-refractivity contribution in [2.75, 3.05) is 0 Å². The maximum Gasteiger partial charge on any atom is 0.416 e. The molecule has 0 saturated heterocycles. The number of nitrogens with zero attached hydrogens (tertiary/aromatic N) is 1. The van der Waals surface area contributed by atoms with Gasteiger partial charge in [-0.25, -0.2) is 0 Å². The zero-order chi connectivity index (χ0) is 20.3. The molecule has 0 N–H and O–H groups in total. The van der Waals surface area contributed by atoms with Gasteiger partial charge in [0.2, 0.25) is 6.04 Å². The predicted octanol–water partition coefficient (Wildman–Crippen LogP) is 5.13. The highest BCUT2D eigenvalue weighted by Gasteiger charge is 2.45. The Hall–Kier alpha value is -2.96. The van der Waals surface area contributed by atoms with Crippen molar-refractivity contribution in [1.29, 1.82) is 0 Å². The van der Waals surface area contributed by atoms with E-state index in [0.717, 1.165) is 17.7 Å². The first-order valence-electron chi connectivity index (χ1n) is 8.81. The highest BCUT2D eigenvalue weighted by molar-refractivity contribution is 5.81. The quantitative estimate of drug-likeness (QED) is 0.538. The fourth-order valence-corrected chi connectivity index (χ4v) is 3.65. The largest absolute Gasteiger partial charge is 0.416 e. The molecule has 0 aliphatic heterocycles. The zero-order valence-corrected chi connectivity index (χ0v) is 14.8. The van der Waals surface area contributed by atoms with Gasteiger partial charge in [-0.15, -0.1) is 0 Å². The highest BCUT2D eigenvalue weighted by Crippen LogP contribution is 2.39. The molecule has 1 aliphatic carbocycles. The Kier molecular flexibility index (Phi) is 5.63. The van der Waals surface area contributed by atoms with E-state index in [9.17, 15) is 28.1 Å². The average Bonchev–Trinajstić information content (AvgIpc) is 2.66. The van der Waals surface area contributed by atoms with Crippen molar-refractivity contribution in [3.05, 3.63) is 87.5 Å². The van der Waals surface area contributed by atoms with Gasteiger partial charge in [-0.2, -0.15) is 13.2 Å². The molecule has 0 heterocycles. The maximum absolute atomic E-state index is 12.8. The molecular weight excluding hydrogens is 371 g/mol. The summed E-state index contributed by atoms with van der Waals surface area (Å²) in [6.45, 7) is 0. The third kappa shape index (κ3) is 4.47.